The zero-order valence-corrected chi connectivity index (χ0v) is 24.1. The number of fused-ring (bicyclic) bond motifs is 2. The minimum Gasteiger partial charge on any atom is -0.476 e. The summed E-state index contributed by atoms with van der Waals surface area (Å²) >= 11 is 7.05. The molecule has 2 aliphatic rings. The average Bonchev–Trinajstić information content (AvgIpc) is 3.34. The van der Waals surface area contributed by atoms with Crippen LogP contribution in [0.1, 0.15) is 54.2 Å². The van der Waals surface area contributed by atoms with Crippen LogP contribution < -0.4 is 15.6 Å². The van der Waals surface area contributed by atoms with Gasteiger partial charge in [0.2, 0.25) is 11.8 Å². The van der Waals surface area contributed by atoms with E-state index in [4.69, 9.17) is 40.6 Å². The van der Waals surface area contributed by atoms with Gasteiger partial charge in [0.15, 0.2) is 17.4 Å². The standard InChI is InChI=1S/C23H36ClN6O7P/c1-7-33-19-16-18(27-22(25)28-19)30(11-26-16)21-23(6,24)17-15(36-21)10-35-38(32,37-17)29-14(8-12(2)3)9-34-20(31)13(4)5/h11-15,17,21H,7-10H2,1-6H3,(H,29,32)(H2,25,27,28)/t14-,15-,17?,21-,23-,38+/m1/s1. The molecular weight excluding hydrogens is 539 g/mol. The van der Waals surface area contributed by atoms with Crippen molar-refractivity contribution in [2.24, 2.45) is 11.8 Å². The first-order chi connectivity index (χ1) is 17.8. The average molecular weight is 575 g/mol. The highest BCUT2D eigenvalue weighted by molar-refractivity contribution is 7.51. The number of hydrogen-bond donors (Lipinski definition) is 2. The lowest BCUT2D eigenvalue weighted by Gasteiger charge is -2.36. The van der Waals surface area contributed by atoms with Crippen LogP contribution in [-0.2, 0) is 27.9 Å². The molecule has 0 aliphatic carbocycles. The molecule has 0 bridgehead atoms. The van der Waals surface area contributed by atoms with Gasteiger partial charge in [-0.05, 0) is 26.2 Å². The van der Waals surface area contributed by atoms with E-state index < -0.39 is 37.1 Å². The van der Waals surface area contributed by atoms with Crippen molar-refractivity contribution < 1.29 is 32.6 Å². The van der Waals surface area contributed by atoms with Gasteiger partial charge in [0.25, 0.3) is 0 Å². The van der Waals surface area contributed by atoms with Gasteiger partial charge < -0.3 is 19.9 Å². The van der Waals surface area contributed by atoms with Crippen molar-refractivity contribution in [2.45, 2.75) is 77.3 Å². The minimum absolute atomic E-state index is 0.0111. The highest BCUT2D eigenvalue weighted by Crippen LogP contribution is 2.58. The van der Waals surface area contributed by atoms with Crippen LogP contribution in [0, 0.1) is 11.8 Å². The van der Waals surface area contributed by atoms with Crippen LogP contribution in [0.5, 0.6) is 5.88 Å². The molecule has 2 aromatic heterocycles. The van der Waals surface area contributed by atoms with Crippen molar-refractivity contribution in [1.82, 2.24) is 24.6 Å². The summed E-state index contributed by atoms with van der Waals surface area (Å²) in [6.45, 7) is 11.5. The topological polar surface area (TPSA) is 162 Å². The van der Waals surface area contributed by atoms with Crippen LogP contribution >= 0.6 is 19.3 Å². The van der Waals surface area contributed by atoms with E-state index in [1.54, 1.807) is 25.3 Å². The van der Waals surface area contributed by atoms with Gasteiger partial charge in [0.05, 0.1) is 31.5 Å². The lowest BCUT2D eigenvalue weighted by molar-refractivity contribution is -0.148. The Morgan fingerprint density at radius 3 is 2.76 bits per heavy atom. The number of nitrogens with one attached hydrogen (secondary N) is 1. The molecule has 0 aromatic carbocycles. The number of nitrogens with two attached hydrogens (primary N) is 1. The Morgan fingerprint density at radius 1 is 1.37 bits per heavy atom. The molecule has 1 unspecified atom stereocenters. The predicted molar refractivity (Wildman–Crippen MR) is 140 cm³/mol. The van der Waals surface area contributed by atoms with Gasteiger partial charge in [0.1, 0.15) is 23.7 Å². The molecule has 38 heavy (non-hydrogen) atoms. The van der Waals surface area contributed by atoms with E-state index >= 15 is 0 Å². The Hall–Kier alpha value is -2.02. The maximum absolute atomic E-state index is 13.7. The van der Waals surface area contributed by atoms with Crippen LogP contribution in [0.25, 0.3) is 11.2 Å². The normalized spacial score (nSPS) is 30.1. The van der Waals surface area contributed by atoms with Gasteiger partial charge in [-0.1, -0.05) is 27.7 Å². The lowest BCUT2D eigenvalue weighted by atomic mass is 10.0. The highest BCUT2D eigenvalue weighted by Gasteiger charge is 2.60. The number of carbonyl (C=O) groups excluding carboxylic acids is 1. The number of rotatable bonds is 10. The van der Waals surface area contributed by atoms with Crippen molar-refractivity contribution in [3.8, 4) is 5.88 Å². The summed E-state index contributed by atoms with van der Waals surface area (Å²) in [5, 5.41) is 2.96. The largest absolute Gasteiger partial charge is 0.476 e. The van der Waals surface area contributed by atoms with E-state index in [0.717, 1.165) is 0 Å². The molecule has 15 heteroatoms. The first-order valence-corrected chi connectivity index (χ1v) is 14.6. The van der Waals surface area contributed by atoms with E-state index in [9.17, 15) is 9.36 Å². The third kappa shape index (κ3) is 5.93. The van der Waals surface area contributed by atoms with Gasteiger partial charge in [0, 0.05) is 0 Å². The number of anilines is 1. The number of imidazole rings is 1. The summed E-state index contributed by atoms with van der Waals surface area (Å²) in [5.41, 5.74) is 6.69. The number of aromatic nitrogens is 4. The second-order valence-corrected chi connectivity index (χ2v) is 12.9. The molecule has 0 saturated carbocycles. The number of nitrogen functional groups attached to an aromatic ring is 1. The first-order valence-electron chi connectivity index (χ1n) is 12.7. The second-order valence-electron chi connectivity index (χ2n) is 10.4. The molecule has 2 saturated heterocycles. The van der Waals surface area contributed by atoms with E-state index in [0.29, 0.717) is 24.2 Å². The molecule has 212 valence electrons. The maximum atomic E-state index is 13.7. The summed E-state index contributed by atoms with van der Waals surface area (Å²) in [4.78, 5) is 23.6. The van der Waals surface area contributed by atoms with Crippen molar-refractivity contribution in [2.75, 3.05) is 25.6 Å². The smallest absolute Gasteiger partial charge is 0.406 e. The Kier molecular flexibility index (Phi) is 8.56. The molecule has 6 atom stereocenters. The van der Waals surface area contributed by atoms with E-state index in [2.05, 4.69) is 20.0 Å². The number of nitrogens with zero attached hydrogens (tertiary/aromatic N) is 4. The zero-order chi connectivity index (χ0) is 27.8. The van der Waals surface area contributed by atoms with Gasteiger partial charge >= 0.3 is 13.7 Å². The van der Waals surface area contributed by atoms with Crippen LogP contribution in [0.4, 0.5) is 5.95 Å². The van der Waals surface area contributed by atoms with Crippen molar-refractivity contribution in [3.05, 3.63) is 6.33 Å². The third-order valence-corrected chi connectivity index (χ3v) is 8.35. The summed E-state index contributed by atoms with van der Waals surface area (Å²) in [6.07, 6.45) is -0.123. The van der Waals surface area contributed by atoms with E-state index in [-0.39, 0.29) is 42.8 Å². The van der Waals surface area contributed by atoms with Crippen molar-refractivity contribution in [3.63, 3.8) is 0 Å². The van der Waals surface area contributed by atoms with Gasteiger partial charge in [-0.25, -0.2) is 14.6 Å². The van der Waals surface area contributed by atoms with E-state index in [1.807, 2.05) is 20.8 Å². The second kappa shape index (κ2) is 11.2. The lowest BCUT2D eigenvalue weighted by Crippen LogP contribution is -2.47. The van der Waals surface area contributed by atoms with Crippen LogP contribution in [0.15, 0.2) is 6.33 Å². The summed E-state index contributed by atoms with van der Waals surface area (Å²) in [5.74, 6) is -0.116. The van der Waals surface area contributed by atoms with Gasteiger partial charge in [-0.3, -0.25) is 18.4 Å². The minimum atomic E-state index is -3.83. The highest BCUT2D eigenvalue weighted by atomic mass is 35.5. The molecule has 0 radical (unpaired) electrons. The van der Waals surface area contributed by atoms with Crippen molar-refractivity contribution >= 4 is 42.4 Å². The fourth-order valence-corrected chi connectivity index (χ4v) is 6.77. The quantitative estimate of drug-likeness (QED) is 0.242. The summed E-state index contributed by atoms with van der Waals surface area (Å²) in [6, 6.07) is -0.450. The molecule has 0 amide bonds. The van der Waals surface area contributed by atoms with Crippen LogP contribution in [-0.4, -0.2) is 68.4 Å². The van der Waals surface area contributed by atoms with Crippen LogP contribution in [0.3, 0.4) is 0 Å². The fourth-order valence-electron chi connectivity index (χ4n) is 4.54. The molecule has 4 heterocycles. The van der Waals surface area contributed by atoms with Crippen molar-refractivity contribution in [1.29, 1.82) is 0 Å². The Balaban J connectivity index is 1.55. The first kappa shape index (κ1) is 29.0. The number of carbonyl (C=O) groups is 1. The van der Waals surface area contributed by atoms with Gasteiger partial charge in [-0.15, -0.1) is 11.6 Å². The monoisotopic (exact) mass is 574 g/mol. The maximum Gasteiger partial charge on any atom is 0.406 e. The SMILES string of the molecule is CCOc1nc(N)nc2c1ncn2[C@@H]1O[C@@H]2CO[P@@](=O)(N[C@@H](COC(=O)C(C)C)CC(C)C)OC2[C@@]1(C)Cl. The molecule has 0 spiro atoms. The Bertz CT molecular complexity index is 1210. The van der Waals surface area contributed by atoms with E-state index in [1.165, 1.54) is 6.33 Å². The number of hydrogen-bond acceptors (Lipinski definition) is 11. The Morgan fingerprint density at radius 2 is 2.11 bits per heavy atom. The number of ether oxygens (including phenoxy) is 3. The number of esters is 1. The number of halogens is 1. The molecule has 2 aliphatic heterocycles. The molecule has 3 N–H and O–H groups in total. The van der Waals surface area contributed by atoms with Crippen LogP contribution in [0.2, 0.25) is 0 Å². The molecular formula is C23H36ClN6O7P. The molecule has 2 aromatic rings. The molecule has 2 fully saturated rings. The fraction of sp³-hybridized carbons (Fsp3) is 0.739. The molecule has 13 nitrogen and oxygen atoms in total. The zero-order valence-electron chi connectivity index (χ0n) is 22.4. The third-order valence-electron chi connectivity index (χ3n) is 6.28. The summed E-state index contributed by atoms with van der Waals surface area (Å²) < 4.78 is 44.2. The predicted octanol–water partition coefficient (Wildman–Crippen LogP) is 3.43. The van der Waals surface area contributed by atoms with Gasteiger partial charge in [-0.2, -0.15) is 9.97 Å². The molecule has 4 rings (SSSR count). The Labute approximate surface area is 226 Å². The number of alkyl halides is 1. The summed E-state index contributed by atoms with van der Waals surface area (Å²) in [7, 11) is -3.83.